The minimum Gasteiger partial charge on any atom is -0.321 e. The Morgan fingerprint density at radius 1 is 1.04 bits per heavy atom. The lowest BCUT2D eigenvalue weighted by atomic mass is 10.1. The molecular weight excluding hydrogens is 324 g/mol. The number of carbonyl (C=O) groups excluding carboxylic acids is 1. The molecule has 26 heavy (non-hydrogen) atoms. The Morgan fingerprint density at radius 3 is 2.58 bits per heavy atom. The lowest BCUT2D eigenvalue weighted by Gasteiger charge is -2.23. The summed E-state index contributed by atoms with van der Waals surface area (Å²) in [5, 5.41) is 11.3. The molecule has 0 saturated carbocycles. The van der Waals surface area contributed by atoms with Gasteiger partial charge in [-0.15, -0.1) is 10.2 Å². The van der Waals surface area contributed by atoms with Gasteiger partial charge in [-0.25, -0.2) is 0 Å². The highest BCUT2D eigenvalue weighted by Gasteiger charge is 2.28. The molecule has 2 aromatic carbocycles. The predicted molar refractivity (Wildman–Crippen MR) is 103 cm³/mol. The third kappa shape index (κ3) is 2.92. The molecule has 1 unspecified atom stereocenters. The van der Waals surface area contributed by atoms with E-state index in [1.165, 1.54) is 5.56 Å². The van der Waals surface area contributed by atoms with Crippen LogP contribution in [0.2, 0.25) is 0 Å². The van der Waals surface area contributed by atoms with Gasteiger partial charge in [0.2, 0.25) is 0 Å². The zero-order valence-electron chi connectivity index (χ0n) is 14.8. The summed E-state index contributed by atoms with van der Waals surface area (Å²) in [4.78, 5) is 14.6. The van der Waals surface area contributed by atoms with Crippen molar-refractivity contribution in [3.05, 3.63) is 77.5 Å². The van der Waals surface area contributed by atoms with E-state index in [1.54, 1.807) is 6.07 Å². The van der Waals surface area contributed by atoms with E-state index in [0.717, 1.165) is 29.2 Å². The van der Waals surface area contributed by atoms with E-state index in [9.17, 15) is 4.79 Å². The molecule has 0 radical (unpaired) electrons. The van der Waals surface area contributed by atoms with E-state index in [-0.39, 0.29) is 5.91 Å². The molecule has 0 fully saturated rings. The van der Waals surface area contributed by atoms with Gasteiger partial charge in [-0.1, -0.05) is 36.4 Å². The van der Waals surface area contributed by atoms with Crippen molar-refractivity contribution in [3.8, 4) is 0 Å². The smallest absolute Gasteiger partial charge is 0.276 e. The van der Waals surface area contributed by atoms with E-state index in [2.05, 4.69) is 45.5 Å². The maximum Gasteiger partial charge on any atom is 0.276 e. The number of anilines is 3. The van der Waals surface area contributed by atoms with E-state index >= 15 is 0 Å². The first-order chi connectivity index (χ1) is 12.6. The number of rotatable bonds is 3. The third-order valence-electron chi connectivity index (χ3n) is 4.73. The van der Waals surface area contributed by atoms with Crippen molar-refractivity contribution in [1.29, 1.82) is 0 Å². The Bertz CT molecular complexity index is 952. The normalized spacial score (nSPS) is 15.6. The molecule has 1 N–H and O–H groups in total. The minimum absolute atomic E-state index is 0.256. The van der Waals surface area contributed by atoms with Crippen LogP contribution in [-0.4, -0.2) is 22.1 Å². The summed E-state index contributed by atoms with van der Waals surface area (Å²) in [7, 11) is 0. The SMILES string of the molecule is Cc1ccccc1NC(=O)c1ccc(N2c3ccccc3CC2C)nn1. The van der Waals surface area contributed by atoms with Crippen LogP contribution in [0.25, 0.3) is 0 Å². The third-order valence-corrected chi connectivity index (χ3v) is 4.73. The summed E-state index contributed by atoms with van der Waals surface area (Å²) >= 11 is 0. The van der Waals surface area contributed by atoms with Crippen LogP contribution in [0.1, 0.15) is 28.5 Å². The second-order valence-electron chi connectivity index (χ2n) is 6.60. The first kappa shape index (κ1) is 16.3. The molecule has 0 saturated heterocycles. The van der Waals surface area contributed by atoms with Gasteiger partial charge < -0.3 is 10.2 Å². The van der Waals surface area contributed by atoms with Crippen LogP contribution < -0.4 is 10.2 Å². The van der Waals surface area contributed by atoms with Crippen molar-refractivity contribution in [1.82, 2.24) is 10.2 Å². The van der Waals surface area contributed by atoms with Crippen LogP contribution in [0.3, 0.4) is 0 Å². The van der Waals surface area contributed by atoms with Crippen LogP contribution >= 0.6 is 0 Å². The van der Waals surface area contributed by atoms with E-state index < -0.39 is 0 Å². The topological polar surface area (TPSA) is 58.1 Å². The molecule has 1 amide bonds. The average molecular weight is 344 g/mol. The number of nitrogens with one attached hydrogen (secondary N) is 1. The Kier molecular flexibility index (Phi) is 4.13. The lowest BCUT2D eigenvalue weighted by molar-refractivity contribution is 0.102. The molecule has 5 heteroatoms. The fourth-order valence-electron chi connectivity index (χ4n) is 3.39. The first-order valence-electron chi connectivity index (χ1n) is 8.71. The molecule has 0 spiro atoms. The van der Waals surface area contributed by atoms with Crippen molar-refractivity contribution < 1.29 is 4.79 Å². The van der Waals surface area contributed by atoms with Crippen LogP contribution in [0.5, 0.6) is 0 Å². The van der Waals surface area contributed by atoms with Crippen molar-refractivity contribution in [3.63, 3.8) is 0 Å². The Morgan fingerprint density at radius 2 is 1.81 bits per heavy atom. The number of para-hydroxylation sites is 2. The van der Waals surface area contributed by atoms with Crippen molar-refractivity contribution in [2.24, 2.45) is 0 Å². The van der Waals surface area contributed by atoms with Gasteiger partial charge in [0.25, 0.3) is 5.91 Å². The summed E-state index contributed by atoms with van der Waals surface area (Å²) in [5.41, 5.74) is 4.56. The van der Waals surface area contributed by atoms with Gasteiger partial charge in [-0.3, -0.25) is 4.79 Å². The van der Waals surface area contributed by atoms with Crippen molar-refractivity contribution in [2.75, 3.05) is 10.2 Å². The quantitative estimate of drug-likeness (QED) is 0.776. The Labute approximate surface area is 152 Å². The molecule has 5 nitrogen and oxygen atoms in total. The monoisotopic (exact) mass is 344 g/mol. The van der Waals surface area contributed by atoms with E-state index in [4.69, 9.17) is 0 Å². The van der Waals surface area contributed by atoms with E-state index in [1.807, 2.05) is 43.3 Å². The molecule has 2 heterocycles. The fraction of sp³-hybridized carbons (Fsp3) is 0.190. The number of aromatic nitrogens is 2. The standard InChI is InChI=1S/C21H20N4O/c1-14-7-3-5-9-17(14)22-21(26)18-11-12-20(24-23-18)25-15(2)13-16-8-4-6-10-19(16)25/h3-12,15H,13H2,1-2H3,(H,22,26). The van der Waals surface area contributed by atoms with Crippen LogP contribution in [0, 0.1) is 6.92 Å². The van der Waals surface area contributed by atoms with Crippen molar-refractivity contribution in [2.45, 2.75) is 26.3 Å². The second-order valence-corrected chi connectivity index (χ2v) is 6.60. The van der Waals surface area contributed by atoms with Gasteiger partial charge in [-0.2, -0.15) is 0 Å². The highest BCUT2D eigenvalue weighted by atomic mass is 16.1. The molecule has 0 bridgehead atoms. The highest BCUT2D eigenvalue weighted by molar-refractivity contribution is 6.03. The molecule has 1 aliphatic rings. The zero-order chi connectivity index (χ0) is 18.1. The van der Waals surface area contributed by atoms with Crippen LogP contribution in [0.4, 0.5) is 17.2 Å². The summed E-state index contributed by atoms with van der Waals surface area (Å²) in [5.74, 6) is 0.503. The Hall–Kier alpha value is -3.21. The van der Waals surface area contributed by atoms with E-state index in [0.29, 0.717) is 11.7 Å². The van der Waals surface area contributed by atoms with Crippen molar-refractivity contribution >= 4 is 23.1 Å². The first-order valence-corrected chi connectivity index (χ1v) is 8.71. The van der Waals surface area contributed by atoms with Gasteiger partial charge in [0.1, 0.15) is 0 Å². The van der Waals surface area contributed by atoms with Crippen LogP contribution in [0.15, 0.2) is 60.7 Å². The summed E-state index contributed by atoms with van der Waals surface area (Å²) in [6.07, 6.45) is 0.980. The molecule has 4 rings (SSSR count). The van der Waals surface area contributed by atoms with Gasteiger partial charge in [0.05, 0.1) is 0 Å². The largest absolute Gasteiger partial charge is 0.321 e. The number of fused-ring (bicyclic) bond motifs is 1. The highest BCUT2D eigenvalue weighted by Crippen LogP contribution is 2.36. The van der Waals surface area contributed by atoms with Gasteiger partial charge in [0, 0.05) is 17.4 Å². The molecule has 0 aliphatic carbocycles. The number of amides is 1. The van der Waals surface area contributed by atoms with Gasteiger partial charge >= 0.3 is 0 Å². The molecule has 1 atom stereocenters. The zero-order valence-corrected chi connectivity index (χ0v) is 14.8. The molecule has 1 aliphatic heterocycles. The number of hydrogen-bond acceptors (Lipinski definition) is 4. The predicted octanol–water partition coefficient (Wildman–Crippen LogP) is 4.12. The maximum absolute atomic E-state index is 12.4. The number of carbonyl (C=O) groups is 1. The number of benzene rings is 2. The molecular formula is C21H20N4O. The van der Waals surface area contributed by atoms with Gasteiger partial charge in [0.15, 0.2) is 11.5 Å². The van der Waals surface area contributed by atoms with Crippen LogP contribution in [-0.2, 0) is 6.42 Å². The lowest BCUT2D eigenvalue weighted by Crippen LogP contribution is -2.25. The van der Waals surface area contributed by atoms with Gasteiger partial charge in [-0.05, 0) is 55.7 Å². The summed E-state index contributed by atoms with van der Waals surface area (Å²) < 4.78 is 0. The Balaban J connectivity index is 1.56. The number of nitrogens with zero attached hydrogens (tertiary/aromatic N) is 3. The number of hydrogen-bond donors (Lipinski definition) is 1. The maximum atomic E-state index is 12.4. The fourth-order valence-corrected chi connectivity index (χ4v) is 3.39. The second kappa shape index (κ2) is 6.59. The number of aryl methyl sites for hydroxylation is 1. The molecule has 1 aromatic heterocycles. The molecule has 3 aromatic rings. The average Bonchev–Trinajstić information content (AvgIpc) is 2.99. The summed E-state index contributed by atoms with van der Waals surface area (Å²) in [6.45, 7) is 4.12. The minimum atomic E-state index is -0.256. The summed E-state index contributed by atoms with van der Waals surface area (Å²) in [6, 6.07) is 19.9. The molecule has 130 valence electrons.